The summed E-state index contributed by atoms with van der Waals surface area (Å²) in [6.07, 6.45) is 0.232. The standard InChI is InChI=1S/C20H18F3N3O2/c21-16-4-2-13(8-14(16)10-24)19-9-15(11-27)20(28)26(25-19)6-5-12-1-3-17(22)18(23)7-12/h1-4,7-9,27H,5-6,10-11,24H2. The van der Waals surface area contributed by atoms with Crippen LogP contribution in [-0.2, 0) is 26.1 Å². The highest BCUT2D eigenvalue weighted by Gasteiger charge is 2.12. The van der Waals surface area contributed by atoms with Gasteiger partial charge in [-0.3, -0.25) is 4.79 Å². The molecule has 0 fully saturated rings. The average molecular weight is 389 g/mol. The predicted octanol–water partition coefficient (Wildman–Crippen LogP) is 2.52. The number of aliphatic hydroxyl groups excluding tert-OH is 1. The minimum absolute atomic E-state index is 0.00228. The Morgan fingerprint density at radius 2 is 1.71 bits per heavy atom. The summed E-state index contributed by atoms with van der Waals surface area (Å²) < 4.78 is 41.2. The van der Waals surface area contributed by atoms with Crippen LogP contribution >= 0.6 is 0 Å². The molecule has 0 saturated heterocycles. The minimum atomic E-state index is -0.969. The van der Waals surface area contributed by atoms with Crippen molar-refractivity contribution in [1.82, 2.24) is 9.78 Å². The van der Waals surface area contributed by atoms with Gasteiger partial charge in [0.1, 0.15) is 5.82 Å². The van der Waals surface area contributed by atoms with Crippen LogP contribution in [0.3, 0.4) is 0 Å². The van der Waals surface area contributed by atoms with Crippen LogP contribution in [0, 0.1) is 17.5 Å². The molecule has 146 valence electrons. The van der Waals surface area contributed by atoms with E-state index < -0.39 is 29.6 Å². The molecule has 0 aliphatic carbocycles. The van der Waals surface area contributed by atoms with Gasteiger partial charge in [-0.05, 0) is 48.4 Å². The SMILES string of the molecule is NCc1cc(-c2cc(CO)c(=O)n(CCc3ccc(F)c(F)c3)n2)ccc1F. The van der Waals surface area contributed by atoms with Gasteiger partial charge >= 0.3 is 0 Å². The molecule has 0 unspecified atom stereocenters. The number of aliphatic hydroxyl groups is 1. The van der Waals surface area contributed by atoms with Crippen LogP contribution in [0.4, 0.5) is 13.2 Å². The van der Waals surface area contributed by atoms with Crippen molar-refractivity contribution in [3.63, 3.8) is 0 Å². The van der Waals surface area contributed by atoms with Crippen molar-refractivity contribution in [2.45, 2.75) is 26.1 Å². The second kappa shape index (κ2) is 8.37. The Kier molecular flexibility index (Phi) is 5.91. The Morgan fingerprint density at radius 1 is 0.964 bits per heavy atom. The molecule has 0 radical (unpaired) electrons. The summed E-state index contributed by atoms with van der Waals surface area (Å²) in [6.45, 7) is -0.400. The first kappa shape index (κ1) is 19.8. The summed E-state index contributed by atoms with van der Waals surface area (Å²) in [6, 6.07) is 9.23. The number of nitrogens with zero attached hydrogens (tertiary/aromatic N) is 2. The Hall–Kier alpha value is -2.97. The van der Waals surface area contributed by atoms with Gasteiger partial charge in [0, 0.05) is 29.8 Å². The van der Waals surface area contributed by atoms with E-state index in [2.05, 4.69) is 5.10 Å². The predicted molar refractivity (Wildman–Crippen MR) is 97.8 cm³/mol. The highest BCUT2D eigenvalue weighted by atomic mass is 19.2. The van der Waals surface area contributed by atoms with Crippen molar-refractivity contribution in [3.05, 3.63) is 87.0 Å². The lowest BCUT2D eigenvalue weighted by Gasteiger charge is -2.11. The van der Waals surface area contributed by atoms with Crippen molar-refractivity contribution in [2.75, 3.05) is 0 Å². The third kappa shape index (κ3) is 4.13. The summed E-state index contributed by atoms with van der Waals surface area (Å²) in [5.74, 6) is -2.36. The number of nitrogens with two attached hydrogens (primary N) is 1. The highest BCUT2D eigenvalue weighted by Crippen LogP contribution is 2.20. The van der Waals surface area contributed by atoms with Crippen molar-refractivity contribution in [1.29, 1.82) is 0 Å². The second-order valence-corrected chi connectivity index (χ2v) is 6.25. The fraction of sp³-hybridized carbons (Fsp3) is 0.200. The van der Waals surface area contributed by atoms with Gasteiger partial charge in [-0.2, -0.15) is 5.10 Å². The van der Waals surface area contributed by atoms with E-state index in [9.17, 15) is 23.1 Å². The smallest absolute Gasteiger partial charge is 0.272 e. The summed E-state index contributed by atoms with van der Waals surface area (Å²) in [5.41, 5.74) is 6.85. The average Bonchev–Trinajstić information content (AvgIpc) is 2.70. The number of hydrogen-bond donors (Lipinski definition) is 2. The Bertz CT molecular complexity index is 1070. The van der Waals surface area contributed by atoms with Crippen LogP contribution in [0.1, 0.15) is 16.7 Å². The molecule has 0 saturated carbocycles. The van der Waals surface area contributed by atoms with Gasteiger partial charge < -0.3 is 10.8 Å². The summed E-state index contributed by atoms with van der Waals surface area (Å²) >= 11 is 0. The lowest BCUT2D eigenvalue weighted by molar-refractivity contribution is 0.278. The molecule has 0 atom stereocenters. The van der Waals surface area contributed by atoms with Gasteiger partial charge in [0.05, 0.1) is 12.3 Å². The molecular weight excluding hydrogens is 371 g/mol. The zero-order valence-electron chi connectivity index (χ0n) is 14.8. The third-order valence-electron chi connectivity index (χ3n) is 4.38. The molecule has 3 rings (SSSR count). The molecule has 1 heterocycles. The molecule has 0 spiro atoms. The number of hydrogen-bond acceptors (Lipinski definition) is 4. The van der Waals surface area contributed by atoms with Crippen LogP contribution in [-0.4, -0.2) is 14.9 Å². The van der Waals surface area contributed by atoms with Crippen LogP contribution in [0.15, 0.2) is 47.3 Å². The highest BCUT2D eigenvalue weighted by molar-refractivity contribution is 5.60. The normalized spacial score (nSPS) is 11.0. The van der Waals surface area contributed by atoms with Crippen LogP contribution in [0.2, 0.25) is 0 Å². The van der Waals surface area contributed by atoms with Crippen LogP contribution < -0.4 is 11.3 Å². The van der Waals surface area contributed by atoms with E-state index >= 15 is 0 Å². The van der Waals surface area contributed by atoms with Crippen molar-refractivity contribution in [3.8, 4) is 11.3 Å². The van der Waals surface area contributed by atoms with Gasteiger partial charge in [-0.1, -0.05) is 6.07 Å². The maximum Gasteiger partial charge on any atom is 0.272 e. The monoisotopic (exact) mass is 389 g/mol. The van der Waals surface area contributed by atoms with Crippen LogP contribution in [0.25, 0.3) is 11.3 Å². The topological polar surface area (TPSA) is 81.1 Å². The number of aromatic nitrogens is 2. The lowest BCUT2D eigenvalue weighted by atomic mass is 10.1. The molecule has 2 aromatic carbocycles. The largest absolute Gasteiger partial charge is 0.391 e. The molecule has 0 bridgehead atoms. The van der Waals surface area contributed by atoms with E-state index in [1.807, 2.05) is 0 Å². The Labute approximate surface area is 158 Å². The van der Waals surface area contributed by atoms with Gasteiger partial charge in [-0.15, -0.1) is 0 Å². The minimum Gasteiger partial charge on any atom is -0.391 e. The molecule has 5 nitrogen and oxygen atoms in total. The molecule has 1 aromatic heterocycles. The fourth-order valence-electron chi connectivity index (χ4n) is 2.82. The maximum atomic E-state index is 13.7. The first-order valence-electron chi connectivity index (χ1n) is 8.57. The second-order valence-electron chi connectivity index (χ2n) is 6.25. The van der Waals surface area contributed by atoms with E-state index in [1.165, 1.54) is 30.3 Å². The Balaban J connectivity index is 1.96. The summed E-state index contributed by atoms with van der Waals surface area (Å²) in [7, 11) is 0. The number of rotatable bonds is 6. The van der Waals surface area contributed by atoms with Gasteiger partial charge in [-0.25, -0.2) is 17.9 Å². The molecule has 28 heavy (non-hydrogen) atoms. The first-order valence-corrected chi connectivity index (χ1v) is 8.57. The van der Waals surface area contributed by atoms with Crippen molar-refractivity contribution >= 4 is 0 Å². The van der Waals surface area contributed by atoms with Gasteiger partial charge in [0.25, 0.3) is 5.56 Å². The zero-order chi connectivity index (χ0) is 20.3. The quantitative estimate of drug-likeness (QED) is 0.679. The molecule has 0 amide bonds. The molecular formula is C20H18F3N3O2. The molecule has 0 aliphatic heterocycles. The van der Waals surface area contributed by atoms with E-state index in [0.29, 0.717) is 22.4 Å². The number of benzene rings is 2. The molecule has 0 aliphatic rings. The van der Waals surface area contributed by atoms with Crippen LogP contribution in [0.5, 0.6) is 0 Å². The number of aryl methyl sites for hydroxylation is 2. The van der Waals surface area contributed by atoms with E-state index in [1.54, 1.807) is 0 Å². The number of halogens is 3. The third-order valence-corrected chi connectivity index (χ3v) is 4.38. The first-order chi connectivity index (χ1) is 13.4. The van der Waals surface area contributed by atoms with E-state index in [0.717, 1.165) is 16.8 Å². The molecule has 8 heteroatoms. The van der Waals surface area contributed by atoms with Crippen molar-refractivity contribution < 1.29 is 18.3 Å². The Morgan fingerprint density at radius 3 is 2.39 bits per heavy atom. The zero-order valence-corrected chi connectivity index (χ0v) is 14.8. The maximum absolute atomic E-state index is 13.7. The summed E-state index contributed by atoms with van der Waals surface area (Å²) in [5, 5.41) is 13.8. The summed E-state index contributed by atoms with van der Waals surface area (Å²) in [4.78, 5) is 12.4. The van der Waals surface area contributed by atoms with E-state index in [-0.39, 0.29) is 25.1 Å². The lowest BCUT2D eigenvalue weighted by Crippen LogP contribution is -2.27. The van der Waals surface area contributed by atoms with Crippen molar-refractivity contribution in [2.24, 2.45) is 5.73 Å². The fourth-order valence-corrected chi connectivity index (χ4v) is 2.82. The molecule has 3 N–H and O–H groups in total. The van der Waals surface area contributed by atoms with Gasteiger partial charge in [0.2, 0.25) is 0 Å². The van der Waals surface area contributed by atoms with E-state index in [4.69, 9.17) is 5.73 Å². The molecule has 3 aromatic rings. The van der Waals surface area contributed by atoms with Gasteiger partial charge in [0.15, 0.2) is 11.6 Å².